The van der Waals surface area contributed by atoms with Crippen LogP contribution in [-0.4, -0.2) is 34.9 Å². The number of carbonyl (C=O) groups excluding carboxylic acids is 1. The van der Waals surface area contributed by atoms with Gasteiger partial charge in [-0.15, -0.1) is 36.2 Å². The van der Waals surface area contributed by atoms with E-state index in [1.807, 2.05) is 30.9 Å². The molecular weight excluding hydrogens is 441 g/mol. The second-order valence-electron chi connectivity index (χ2n) is 6.78. The predicted octanol–water partition coefficient (Wildman–Crippen LogP) is 4.73. The Balaban J connectivity index is 0.00000196. The van der Waals surface area contributed by atoms with Gasteiger partial charge in [0.05, 0.1) is 5.69 Å². The van der Waals surface area contributed by atoms with Gasteiger partial charge in [0.1, 0.15) is 22.2 Å². The second-order valence-corrected chi connectivity index (χ2v) is 8.30. The molecule has 28 heavy (non-hydrogen) atoms. The summed E-state index contributed by atoms with van der Waals surface area (Å²) < 4.78 is 5.74. The van der Waals surface area contributed by atoms with Gasteiger partial charge in [0.25, 0.3) is 5.91 Å². The highest BCUT2D eigenvalue weighted by molar-refractivity contribution is 7.13. The maximum atomic E-state index is 12.9. The molecule has 1 aliphatic rings. The van der Waals surface area contributed by atoms with Crippen molar-refractivity contribution >= 4 is 53.7 Å². The lowest BCUT2D eigenvalue weighted by atomic mass is 9.92. The number of hydrogen-bond donors (Lipinski definition) is 1. The molecule has 156 valence electrons. The SMILES string of the molecule is Cc1nc(COc2ccc(Cl)cc2)sc1C(=O)N1CCCC(C(C)N)C1.Cl.Cl. The van der Waals surface area contributed by atoms with Gasteiger partial charge in [0.15, 0.2) is 0 Å². The van der Waals surface area contributed by atoms with E-state index < -0.39 is 0 Å². The normalized spacial score (nSPS) is 17.3. The summed E-state index contributed by atoms with van der Waals surface area (Å²) in [5.41, 5.74) is 6.80. The van der Waals surface area contributed by atoms with E-state index in [0.717, 1.165) is 42.4 Å². The average Bonchev–Trinajstić information content (AvgIpc) is 3.01. The molecule has 1 aromatic heterocycles. The molecule has 0 radical (unpaired) electrons. The van der Waals surface area contributed by atoms with Crippen molar-refractivity contribution in [2.24, 2.45) is 11.7 Å². The lowest BCUT2D eigenvalue weighted by molar-refractivity contribution is 0.0665. The number of ether oxygens (including phenoxy) is 1. The van der Waals surface area contributed by atoms with E-state index in [9.17, 15) is 4.79 Å². The molecule has 2 unspecified atom stereocenters. The van der Waals surface area contributed by atoms with E-state index in [1.54, 1.807) is 12.1 Å². The number of aromatic nitrogens is 1. The topological polar surface area (TPSA) is 68.5 Å². The Morgan fingerprint density at radius 1 is 1.39 bits per heavy atom. The van der Waals surface area contributed by atoms with E-state index in [-0.39, 0.29) is 36.8 Å². The number of carbonyl (C=O) groups is 1. The Kier molecular flexibility index (Phi) is 10.0. The molecule has 2 N–H and O–H groups in total. The van der Waals surface area contributed by atoms with Crippen LogP contribution in [0.15, 0.2) is 24.3 Å². The summed E-state index contributed by atoms with van der Waals surface area (Å²) in [5, 5.41) is 1.46. The molecule has 1 amide bonds. The Morgan fingerprint density at radius 3 is 2.71 bits per heavy atom. The summed E-state index contributed by atoms with van der Waals surface area (Å²) in [6.45, 7) is 5.74. The Hall–Kier alpha value is -1.05. The minimum atomic E-state index is 0. The van der Waals surface area contributed by atoms with Crippen molar-refractivity contribution in [1.29, 1.82) is 0 Å². The lowest BCUT2D eigenvalue weighted by Crippen LogP contribution is -2.45. The molecule has 3 rings (SSSR count). The minimum Gasteiger partial charge on any atom is -0.486 e. The van der Waals surface area contributed by atoms with Crippen LogP contribution in [0.5, 0.6) is 5.75 Å². The molecule has 1 aromatic carbocycles. The highest BCUT2D eigenvalue weighted by Gasteiger charge is 2.28. The van der Waals surface area contributed by atoms with Gasteiger partial charge in [0.2, 0.25) is 0 Å². The summed E-state index contributed by atoms with van der Waals surface area (Å²) in [7, 11) is 0. The summed E-state index contributed by atoms with van der Waals surface area (Å²) in [6.07, 6.45) is 2.09. The van der Waals surface area contributed by atoms with Gasteiger partial charge in [-0.3, -0.25) is 4.79 Å². The highest BCUT2D eigenvalue weighted by atomic mass is 35.5. The zero-order valence-electron chi connectivity index (χ0n) is 15.9. The fraction of sp³-hybridized carbons (Fsp3) is 0.474. The van der Waals surface area contributed by atoms with E-state index in [1.165, 1.54) is 11.3 Å². The van der Waals surface area contributed by atoms with Crippen LogP contribution in [-0.2, 0) is 6.61 Å². The molecular formula is C19H26Cl3N3O2S. The van der Waals surface area contributed by atoms with E-state index in [0.29, 0.717) is 22.4 Å². The number of nitrogens with zero attached hydrogens (tertiary/aromatic N) is 2. The van der Waals surface area contributed by atoms with Crippen LogP contribution in [0.2, 0.25) is 5.02 Å². The molecule has 5 nitrogen and oxygen atoms in total. The number of thiazole rings is 1. The first-order chi connectivity index (χ1) is 12.4. The average molecular weight is 467 g/mol. The van der Waals surface area contributed by atoms with Crippen molar-refractivity contribution in [3.05, 3.63) is 44.9 Å². The molecule has 1 fully saturated rings. The van der Waals surface area contributed by atoms with Crippen LogP contribution in [0, 0.1) is 12.8 Å². The Bertz CT molecular complexity index is 768. The van der Waals surface area contributed by atoms with Crippen molar-refractivity contribution in [2.75, 3.05) is 13.1 Å². The van der Waals surface area contributed by atoms with Crippen LogP contribution in [0.3, 0.4) is 0 Å². The summed E-state index contributed by atoms with van der Waals surface area (Å²) in [6, 6.07) is 7.30. The third kappa shape index (κ3) is 6.22. The molecule has 2 heterocycles. The smallest absolute Gasteiger partial charge is 0.265 e. The third-order valence-corrected chi connectivity index (χ3v) is 6.07. The number of halogens is 3. The molecule has 1 saturated heterocycles. The monoisotopic (exact) mass is 465 g/mol. The second kappa shape index (κ2) is 11.2. The van der Waals surface area contributed by atoms with E-state index in [2.05, 4.69) is 4.98 Å². The molecule has 2 aromatic rings. The van der Waals surface area contributed by atoms with Gasteiger partial charge in [-0.2, -0.15) is 0 Å². The van der Waals surface area contributed by atoms with Crippen LogP contribution in [0.4, 0.5) is 0 Å². The molecule has 0 saturated carbocycles. The van der Waals surface area contributed by atoms with Gasteiger partial charge >= 0.3 is 0 Å². The predicted molar refractivity (Wildman–Crippen MR) is 119 cm³/mol. The summed E-state index contributed by atoms with van der Waals surface area (Å²) >= 11 is 7.28. The number of aryl methyl sites for hydroxylation is 1. The zero-order chi connectivity index (χ0) is 18.7. The molecule has 0 spiro atoms. The number of benzene rings is 1. The number of hydrogen-bond acceptors (Lipinski definition) is 5. The van der Waals surface area contributed by atoms with E-state index >= 15 is 0 Å². The summed E-state index contributed by atoms with van der Waals surface area (Å²) in [4.78, 5) is 20.0. The Labute approximate surface area is 187 Å². The van der Waals surface area contributed by atoms with Crippen LogP contribution in [0.25, 0.3) is 0 Å². The van der Waals surface area contributed by atoms with Gasteiger partial charge in [-0.1, -0.05) is 11.6 Å². The largest absolute Gasteiger partial charge is 0.486 e. The van der Waals surface area contributed by atoms with Crippen molar-refractivity contribution < 1.29 is 9.53 Å². The fourth-order valence-electron chi connectivity index (χ4n) is 3.16. The maximum Gasteiger partial charge on any atom is 0.265 e. The molecule has 0 bridgehead atoms. The number of rotatable bonds is 5. The first kappa shape index (κ1) is 25.0. The number of nitrogens with two attached hydrogens (primary N) is 1. The number of amides is 1. The standard InChI is InChI=1S/C19H24ClN3O2S.2ClH/c1-12(21)14-4-3-9-23(10-14)19(24)18-13(2)22-17(26-18)11-25-16-7-5-15(20)6-8-16;;/h5-8,12,14H,3-4,9-11,21H2,1-2H3;2*1H. The quantitative estimate of drug-likeness (QED) is 0.692. The van der Waals surface area contributed by atoms with Gasteiger partial charge in [-0.25, -0.2) is 4.98 Å². The first-order valence-electron chi connectivity index (χ1n) is 8.83. The zero-order valence-corrected chi connectivity index (χ0v) is 19.1. The molecule has 9 heteroatoms. The van der Waals surface area contributed by atoms with Gasteiger partial charge in [0, 0.05) is 24.2 Å². The van der Waals surface area contributed by atoms with Gasteiger partial charge < -0.3 is 15.4 Å². The molecule has 2 atom stereocenters. The first-order valence-corrected chi connectivity index (χ1v) is 10.0. The van der Waals surface area contributed by atoms with Crippen molar-refractivity contribution in [3.8, 4) is 5.75 Å². The van der Waals surface area contributed by atoms with Crippen LogP contribution < -0.4 is 10.5 Å². The number of likely N-dealkylation sites (tertiary alicyclic amines) is 1. The molecule has 0 aliphatic carbocycles. The van der Waals surface area contributed by atoms with Crippen LogP contribution in [0.1, 0.15) is 40.1 Å². The van der Waals surface area contributed by atoms with Crippen molar-refractivity contribution in [3.63, 3.8) is 0 Å². The van der Waals surface area contributed by atoms with Crippen molar-refractivity contribution in [1.82, 2.24) is 9.88 Å². The summed E-state index contributed by atoms with van der Waals surface area (Å²) in [5.74, 6) is 1.16. The maximum absolute atomic E-state index is 12.9. The highest BCUT2D eigenvalue weighted by Crippen LogP contribution is 2.26. The van der Waals surface area contributed by atoms with Gasteiger partial charge in [-0.05, 0) is 56.9 Å². The lowest BCUT2D eigenvalue weighted by Gasteiger charge is -2.34. The van der Waals surface area contributed by atoms with E-state index in [4.69, 9.17) is 22.1 Å². The number of piperidine rings is 1. The fourth-order valence-corrected chi connectivity index (χ4v) is 4.23. The van der Waals surface area contributed by atoms with Crippen molar-refractivity contribution in [2.45, 2.75) is 39.3 Å². The molecule has 1 aliphatic heterocycles. The Morgan fingerprint density at radius 2 is 2.07 bits per heavy atom. The third-order valence-electron chi connectivity index (χ3n) is 4.70. The van der Waals surface area contributed by atoms with Crippen LogP contribution >= 0.6 is 47.8 Å². The minimum absolute atomic E-state index is 0.